The first kappa shape index (κ1) is 21.6. The van der Waals surface area contributed by atoms with Crippen molar-refractivity contribution in [2.45, 2.75) is 10.5 Å². The van der Waals surface area contributed by atoms with Crippen molar-refractivity contribution >= 4 is 69.2 Å². The number of carboxylic acids is 1. The van der Waals surface area contributed by atoms with Crippen LogP contribution in [0.25, 0.3) is 0 Å². The molecule has 3 heterocycles. The van der Waals surface area contributed by atoms with E-state index in [4.69, 9.17) is 11.6 Å². The maximum atomic E-state index is 13.1. The van der Waals surface area contributed by atoms with Gasteiger partial charge in [-0.3, -0.25) is 9.59 Å². The van der Waals surface area contributed by atoms with E-state index in [9.17, 15) is 19.5 Å². The number of nitrogens with zero attached hydrogens (tertiary/aromatic N) is 1. The Labute approximate surface area is 201 Å². The SMILES string of the molecule is O=C(O)c1c(C2(c3cccc(Cl)c3)SCCCS2)csc1N1C(=O)c2ccccc2C1=O. The monoisotopic (exact) mass is 501 g/mol. The molecule has 162 valence electrons. The number of thiophene rings is 1. The van der Waals surface area contributed by atoms with E-state index in [0.717, 1.165) is 39.7 Å². The summed E-state index contributed by atoms with van der Waals surface area (Å²) in [5.41, 5.74) is 2.04. The lowest BCUT2D eigenvalue weighted by molar-refractivity contribution is 0.0697. The van der Waals surface area contributed by atoms with Crippen molar-refractivity contribution in [3.63, 3.8) is 0 Å². The number of benzene rings is 2. The maximum absolute atomic E-state index is 13.1. The summed E-state index contributed by atoms with van der Waals surface area (Å²) in [6.07, 6.45) is 1.01. The molecule has 3 aromatic rings. The molecule has 1 fully saturated rings. The highest BCUT2D eigenvalue weighted by atomic mass is 35.5. The van der Waals surface area contributed by atoms with Crippen LogP contribution in [0.2, 0.25) is 5.02 Å². The minimum absolute atomic E-state index is 0.00798. The fraction of sp³-hybridized carbons (Fsp3) is 0.174. The average molecular weight is 502 g/mol. The fourth-order valence-corrected chi connectivity index (χ4v) is 8.88. The number of carbonyl (C=O) groups excluding carboxylic acids is 2. The van der Waals surface area contributed by atoms with Crippen LogP contribution in [0, 0.1) is 0 Å². The van der Waals surface area contributed by atoms with Crippen LogP contribution in [0.4, 0.5) is 5.00 Å². The van der Waals surface area contributed by atoms with Crippen molar-refractivity contribution in [1.29, 1.82) is 0 Å². The summed E-state index contributed by atoms with van der Waals surface area (Å²) in [6, 6.07) is 14.0. The Hall–Kier alpha value is -2.26. The van der Waals surface area contributed by atoms with Crippen LogP contribution in [0.3, 0.4) is 0 Å². The lowest BCUT2D eigenvalue weighted by atomic mass is 10.0. The van der Waals surface area contributed by atoms with Gasteiger partial charge >= 0.3 is 5.97 Å². The third-order valence-electron chi connectivity index (χ3n) is 5.44. The van der Waals surface area contributed by atoms with E-state index >= 15 is 0 Å². The highest BCUT2D eigenvalue weighted by Crippen LogP contribution is 2.58. The van der Waals surface area contributed by atoms with E-state index in [1.165, 1.54) is 0 Å². The molecule has 2 aliphatic rings. The molecule has 2 amide bonds. The lowest BCUT2D eigenvalue weighted by Crippen LogP contribution is -2.31. The number of imide groups is 1. The van der Waals surface area contributed by atoms with E-state index in [0.29, 0.717) is 10.6 Å². The molecule has 1 N–H and O–H groups in total. The number of thioether (sulfide) groups is 2. The smallest absolute Gasteiger partial charge is 0.339 e. The highest BCUT2D eigenvalue weighted by molar-refractivity contribution is 8.18. The molecule has 2 aromatic carbocycles. The molecule has 2 aliphatic heterocycles. The van der Waals surface area contributed by atoms with E-state index in [1.807, 2.05) is 18.2 Å². The fourth-order valence-electron chi connectivity index (χ4n) is 4.04. The van der Waals surface area contributed by atoms with E-state index < -0.39 is 21.9 Å². The molecule has 0 unspecified atom stereocenters. The minimum atomic E-state index is -1.17. The van der Waals surface area contributed by atoms with Gasteiger partial charge < -0.3 is 5.11 Å². The molecule has 9 heteroatoms. The molecule has 1 saturated heterocycles. The van der Waals surface area contributed by atoms with Crippen LogP contribution in [0.1, 0.15) is 48.6 Å². The van der Waals surface area contributed by atoms with Crippen LogP contribution in [-0.2, 0) is 4.08 Å². The van der Waals surface area contributed by atoms with Crippen molar-refractivity contribution in [1.82, 2.24) is 0 Å². The third kappa shape index (κ3) is 3.28. The van der Waals surface area contributed by atoms with Crippen LogP contribution < -0.4 is 4.90 Å². The molecule has 0 atom stereocenters. The molecule has 0 radical (unpaired) electrons. The van der Waals surface area contributed by atoms with Gasteiger partial charge in [0.2, 0.25) is 0 Å². The number of halogens is 1. The minimum Gasteiger partial charge on any atom is -0.478 e. The summed E-state index contributed by atoms with van der Waals surface area (Å²) < 4.78 is -0.690. The van der Waals surface area contributed by atoms with Gasteiger partial charge in [-0.2, -0.15) is 0 Å². The predicted molar refractivity (Wildman–Crippen MR) is 131 cm³/mol. The quantitative estimate of drug-likeness (QED) is 0.444. The molecule has 0 aliphatic carbocycles. The number of hydrogen-bond acceptors (Lipinski definition) is 6. The second kappa shape index (κ2) is 8.26. The lowest BCUT2D eigenvalue weighted by Gasteiger charge is -2.37. The first-order valence-corrected chi connectivity index (χ1v) is 13.0. The highest BCUT2D eigenvalue weighted by Gasteiger charge is 2.45. The van der Waals surface area contributed by atoms with E-state index in [1.54, 1.807) is 59.2 Å². The van der Waals surface area contributed by atoms with Crippen molar-refractivity contribution in [2.24, 2.45) is 0 Å². The number of aromatic carboxylic acids is 1. The Balaban J connectivity index is 1.69. The molecular formula is C23H16ClNO4S3. The Kier molecular flexibility index (Phi) is 5.57. The van der Waals surface area contributed by atoms with Gasteiger partial charge in [0.25, 0.3) is 11.8 Å². The number of fused-ring (bicyclic) bond motifs is 1. The Bertz CT molecular complexity index is 1230. The van der Waals surface area contributed by atoms with Gasteiger partial charge in [-0.15, -0.1) is 34.9 Å². The number of carboxylic acid groups (broad SMARTS) is 1. The normalized spacial score (nSPS) is 17.5. The van der Waals surface area contributed by atoms with E-state index in [2.05, 4.69) is 0 Å². The molecule has 0 spiro atoms. The number of anilines is 1. The summed E-state index contributed by atoms with van der Waals surface area (Å²) in [7, 11) is 0. The maximum Gasteiger partial charge on any atom is 0.339 e. The van der Waals surface area contributed by atoms with Gasteiger partial charge in [0, 0.05) is 10.6 Å². The largest absolute Gasteiger partial charge is 0.478 e. The van der Waals surface area contributed by atoms with E-state index in [-0.39, 0.29) is 21.7 Å². The van der Waals surface area contributed by atoms with Crippen LogP contribution in [-0.4, -0.2) is 34.4 Å². The molecule has 5 rings (SSSR count). The molecule has 5 nitrogen and oxygen atoms in total. The average Bonchev–Trinajstić information content (AvgIpc) is 3.34. The zero-order valence-corrected chi connectivity index (χ0v) is 19.7. The molecule has 0 saturated carbocycles. The second-order valence-electron chi connectivity index (χ2n) is 7.30. The topological polar surface area (TPSA) is 74.7 Å². The predicted octanol–water partition coefficient (Wildman–Crippen LogP) is 5.97. The van der Waals surface area contributed by atoms with Gasteiger partial charge in [-0.05, 0) is 53.1 Å². The number of carbonyl (C=O) groups is 3. The van der Waals surface area contributed by atoms with Gasteiger partial charge in [0.15, 0.2) is 0 Å². The van der Waals surface area contributed by atoms with Crippen molar-refractivity contribution in [3.05, 3.63) is 86.8 Å². The first-order valence-electron chi connectivity index (χ1n) is 9.81. The van der Waals surface area contributed by atoms with Gasteiger partial charge in [0.1, 0.15) is 14.6 Å². The Morgan fingerprint density at radius 1 is 1.00 bits per heavy atom. The van der Waals surface area contributed by atoms with Gasteiger partial charge in [0.05, 0.1) is 11.1 Å². The third-order valence-corrected chi connectivity index (χ3v) is 10.1. The van der Waals surface area contributed by atoms with Crippen molar-refractivity contribution in [2.75, 3.05) is 16.4 Å². The zero-order chi connectivity index (χ0) is 22.5. The molecule has 0 bridgehead atoms. The van der Waals surface area contributed by atoms with Crippen LogP contribution in [0.15, 0.2) is 53.9 Å². The summed E-state index contributed by atoms with van der Waals surface area (Å²) >= 11 is 10.7. The standard InChI is InChI=1S/C23H16ClNO4S3/c24-14-6-3-5-13(11-14)23(31-9-4-10-32-23)17-12-30-21(18(17)22(28)29)25-19(26)15-7-1-2-8-16(15)20(25)27/h1-3,5-8,11-12H,4,9-10H2,(H,28,29). The number of hydrogen-bond donors (Lipinski definition) is 1. The number of rotatable bonds is 4. The van der Waals surface area contributed by atoms with Gasteiger partial charge in [-0.1, -0.05) is 35.9 Å². The summed E-state index contributed by atoms with van der Waals surface area (Å²) in [5.74, 6) is -0.446. The Morgan fingerprint density at radius 2 is 1.66 bits per heavy atom. The summed E-state index contributed by atoms with van der Waals surface area (Å²) in [5, 5.41) is 12.7. The van der Waals surface area contributed by atoms with Crippen LogP contribution >= 0.6 is 46.5 Å². The van der Waals surface area contributed by atoms with Crippen molar-refractivity contribution < 1.29 is 19.5 Å². The van der Waals surface area contributed by atoms with Gasteiger partial charge in [-0.25, -0.2) is 9.69 Å². The zero-order valence-electron chi connectivity index (χ0n) is 16.5. The summed E-state index contributed by atoms with van der Waals surface area (Å²) in [4.78, 5) is 39.7. The first-order chi connectivity index (χ1) is 15.4. The molecule has 1 aromatic heterocycles. The molecule has 32 heavy (non-hydrogen) atoms. The van der Waals surface area contributed by atoms with Crippen molar-refractivity contribution in [3.8, 4) is 0 Å². The summed E-state index contributed by atoms with van der Waals surface area (Å²) in [6.45, 7) is 0. The molecular weight excluding hydrogens is 486 g/mol. The Morgan fingerprint density at radius 3 is 2.25 bits per heavy atom. The van der Waals surface area contributed by atoms with Crippen LogP contribution in [0.5, 0.6) is 0 Å². The second-order valence-corrected chi connectivity index (χ2v) is 11.5. The number of amides is 2.